The second-order valence-electron chi connectivity index (χ2n) is 8.33. The van der Waals surface area contributed by atoms with E-state index in [1.807, 2.05) is 0 Å². The summed E-state index contributed by atoms with van der Waals surface area (Å²) in [6.07, 6.45) is 5.40. The quantitative estimate of drug-likeness (QED) is 0.819. The number of amides is 1. The molecular formula is C21H32N4O. The lowest BCUT2D eigenvalue weighted by atomic mass is 9.94. The molecule has 1 amide bonds. The van der Waals surface area contributed by atoms with Crippen LogP contribution in [0.4, 0.5) is 0 Å². The number of hydrogen-bond donors (Lipinski definition) is 2. The molecule has 0 aliphatic carbocycles. The third-order valence-electron chi connectivity index (χ3n) is 6.32. The minimum atomic E-state index is 0.377. The van der Waals surface area contributed by atoms with Crippen molar-refractivity contribution in [2.24, 2.45) is 11.8 Å². The standard InChI is InChI=1S/C21H32N4O/c26-21(8-4-7-18-11-22-23-12-18)25-15-19-9-10-20(16-25)24(14-19)13-17-5-2-1-3-6-17/h1-3,5-6,18-20,22-23H,4,7-16H2/t19-,20-/m0/s1. The number of carbonyl (C=O) groups is 1. The second kappa shape index (κ2) is 8.51. The van der Waals surface area contributed by atoms with Gasteiger partial charge in [-0.3, -0.25) is 20.5 Å². The van der Waals surface area contributed by atoms with Gasteiger partial charge in [-0.1, -0.05) is 30.3 Å². The van der Waals surface area contributed by atoms with Gasteiger partial charge in [-0.05, 0) is 43.1 Å². The molecular weight excluding hydrogens is 324 g/mol. The number of carbonyl (C=O) groups excluding carboxylic acids is 1. The van der Waals surface area contributed by atoms with Crippen molar-refractivity contribution in [1.29, 1.82) is 0 Å². The molecule has 2 N–H and O–H groups in total. The molecule has 4 heterocycles. The Balaban J connectivity index is 1.30. The maximum absolute atomic E-state index is 12.8. The number of rotatable bonds is 6. The van der Waals surface area contributed by atoms with Gasteiger partial charge in [-0.25, -0.2) is 0 Å². The largest absolute Gasteiger partial charge is 0.341 e. The van der Waals surface area contributed by atoms with Crippen LogP contribution in [-0.4, -0.2) is 54.5 Å². The number of hydrazine groups is 1. The Morgan fingerprint density at radius 1 is 1.04 bits per heavy atom. The number of nitrogens with one attached hydrogen (secondary N) is 2. The Kier molecular flexibility index (Phi) is 5.88. The van der Waals surface area contributed by atoms with Crippen LogP contribution in [0.3, 0.4) is 0 Å². The third kappa shape index (κ3) is 4.45. The summed E-state index contributed by atoms with van der Waals surface area (Å²) in [4.78, 5) is 17.6. The molecule has 0 saturated carbocycles. The molecule has 1 aromatic carbocycles. The van der Waals surface area contributed by atoms with Gasteiger partial charge in [0.25, 0.3) is 0 Å². The molecule has 0 unspecified atom stereocenters. The van der Waals surface area contributed by atoms with E-state index in [-0.39, 0.29) is 0 Å². The summed E-state index contributed by atoms with van der Waals surface area (Å²) in [6.45, 7) is 6.13. The predicted molar refractivity (Wildman–Crippen MR) is 103 cm³/mol. The van der Waals surface area contributed by atoms with Gasteiger partial charge in [0.1, 0.15) is 0 Å². The first-order valence-corrected chi connectivity index (χ1v) is 10.3. The zero-order chi connectivity index (χ0) is 17.8. The average molecular weight is 357 g/mol. The Morgan fingerprint density at radius 3 is 2.65 bits per heavy atom. The molecule has 26 heavy (non-hydrogen) atoms. The summed E-state index contributed by atoms with van der Waals surface area (Å²) >= 11 is 0. The monoisotopic (exact) mass is 356 g/mol. The van der Waals surface area contributed by atoms with Crippen molar-refractivity contribution in [2.45, 2.75) is 44.7 Å². The lowest BCUT2D eigenvalue weighted by Crippen LogP contribution is -2.43. The molecule has 5 rings (SSSR count). The van der Waals surface area contributed by atoms with Crippen LogP contribution in [0, 0.1) is 11.8 Å². The van der Waals surface area contributed by atoms with E-state index >= 15 is 0 Å². The molecule has 142 valence electrons. The van der Waals surface area contributed by atoms with Gasteiger partial charge >= 0.3 is 0 Å². The van der Waals surface area contributed by atoms with Crippen LogP contribution in [-0.2, 0) is 11.3 Å². The summed E-state index contributed by atoms with van der Waals surface area (Å²) in [5.74, 6) is 1.71. The van der Waals surface area contributed by atoms with Gasteiger partial charge < -0.3 is 4.90 Å². The van der Waals surface area contributed by atoms with E-state index in [1.165, 1.54) is 18.4 Å². The fraction of sp³-hybridized carbons (Fsp3) is 0.667. The summed E-state index contributed by atoms with van der Waals surface area (Å²) in [5.41, 5.74) is 7.74. The van der Waals surface area contributed by atoms with Crippen molar-refractivity contribution < 1.29 is 4.79 Å². The molecule has 1 aromatic rings. The normalized spacial score (nSPS) is 27.0. The Labute approximate surface area is 157 Å². The molecule has 2 atom stereocenters. The fourth-order valence-electron chi connectivity index (χ4n) is 4.80. The first kappa shape index (κ1) is 18.0. The second-order valence-corrected chi connectivity index (χ2v) is 8.33. The highest BCUT2D eigenvalue weighted by Crippen LogP contribution is 2.29. The topological polar surface area (TPSA) is 47.6 Å². The van der Waals surface area contributed by atoms with Crippen molar-refractivity contribution in [3.8, 4) is 0 Å². The van der Waals surface area contributed by atoms with Crippen molar-refractivity contribution in [2.75, 3.05) is 32.7 Å². The van der Waals surface area contributed by atoms with E-state index in [9.17, 15) is 4.79 Å². The molecule has 4 aliphatic heterocycles. The lowest BCUT2D eigenvalue weighted by molar-refractivity contribution is -0.131. The van der Waals surface area contributed by atoms with Crippen LogP contribution in [0.2, 0.25) is 0 Å². The van der Waals surface area contributed by atoms with Crippen molar-refractivity contribution in [3.05, 3.63) is 35.9 Å². The van der Waals surface area contributed by atoms with E-state index in [0.717, 1.165) is 52.1 Å². The number of hydrogen-bond acceptors (Lipinski definition) is 4. The maximum Gasteiger partial charge on any atom is 0.222 e. The molecule has 4 fully saturated rings. The molecule has 4 aliphatic rings. The number of fused-ring (bicyclic) bond motifs is 4. The van der Waals surface area contributed by atoms with Crippen LogP contribution in [0.15, 0.2) is 30.3 Å². The highest BCUT2D eigenvalue weighted by atomic mass is 16.2. The van der Waals surface area contributed by atoms with Gasteiger partial charge in [0.15, 0.2) is 0 Å². The SMILES string of the molecule is O=C(CCCC1CNNC1)N1C[C@H]2CC[C@@H](C1)N(Cc1ccccc1)C2. The third-order valence-corrected chi connectivity index (χ3v) is 6.32. The van der Waals surface area contributed by atoms with E-state index in [1.54, 1.807) is 0 Å². The smallest absolute Gasteiger partial charge is 0.222 e. The van der Waals surface area contributed by atoms with Crippen LogP contribution >= 0.6 is 0 Å². The Hall–Kier alpha value is -1.43. The average Bonchev–Trinajstić information content (AvgIpc) is 3.01. The van der Waals surface area contributed by atoms with E-state index < -0.39 is 0 Å². The summed E-state index contributed by atoms with van der Waals surface area (Å²) in [6, 6.07) is 11.3. The molecule has 0 radical (unpaired) electrons. The van der Waals surface area contributed by atoms with Crippen LogP contribution < -0.4 is 10.9 Å². The van der Waals surface area contributed by atoms with Crippen LogP contribution in [0.5, 0.6) is 0 Å². The van der Waals surface area contributed by atoms with Crippen molar-refractivity contribution in [3.63, 3.8) is 0 Å². The number of nitrogens with zero attached hydrogens (tertiary/aromatic N) is 2. The van der Waals surface area contributed by atoms with Gasteiger partial charge in [-0.15, -0.1) is 0 Å². The van der Waals surface area contributed by atoms with Crippen molar-refractivity contribution >= 4 is 5.91 Å². The first-order valence-electron chi connectivity index (χ1n) is 10.3. The Bertz CT molecular complexity index is 587. The summed E-state index contributed by atoms with van der Waals surface area (Å²) in [5, 5.41) is 0. The van der Waals surface area contributed by atoms with E-state index in [4.69, 9.17) is 0 Å². The van der Waals surface area contributed by atoms with Crippen molar-refractivity contribution in [1.82, 2.24) is 20.7 Å². The van der Waals surface area contributed by atoms with Gasteiger partial charge in [0.05, 0.1) is 0 Å². The van der Waals surface area contributed by atoms with Gasteiger partial charge in [-0.2, -0.15) is 0 Å². The summed E-state index contributed by atoms with van der Waals surface area (Å²) < 4.78 is 0. The van der Waals surface area contributed by atoms with E-state index in [2.05, 4.69) is 51.0 Å². The highest BCUT2D eigenvalue weighted by Gasteiger charge is 2.36. The minimum Gasteiger partial charge on any atom is -0.341 e. The fourth-order valence-corrected chi connectivity index (χ4v) is 4.80. The Morgan fingerprint density at radius 2 is 1.85 bits per heavy atom. The van der Waals surface area contributed by atoms with Gasteiger partial charge in [0, 0.05) is 51.7 Å². The molecule has 5 heteroatoms. The van der Waals surface area contributed by atoms with Crippen LogP contribution in [0.1, 0.15) is 37.7 Å². The summed E-state index contributed by atoms with van der Waals surface area (Å²) in [7, 11) is 0. The maximum atomic E-state index is 12.8. The molecule has 2 bridgehead atoms. The zero-order valence-corrected chi connectivity index (χ0v) is 15.7. The van der Waals surface area contributed by atoms with Gasteiger partial charge in [0.2, 0.25) is 5.91 Å². The highest BCUT2D eigenvalue weighted by molar-refractivity contribution is 5.76. The first-order chi connectivity index (χ1) is 12.8. The minimum absolute atomic E-state index is 0.377. The number of benzene rings is 1. The molecule has 5 nitrogen and oxygen atoms in total. The number of piperidine rings is 1. The molecule has 0 aromatic heterocycles. The molecule has 4 saturated heterocycles. The predicted octanol–water partition coefficient (Wildman–Crippen LogP) is 2.00. The molecule has 0 spiro atoms. The van der Waals surface area contributed by atoms with Crippen LogP contribution in [0.25, 0.3) is 0 Å². The van der Waals surface area contributed by atoms with E-state index in [0.29, 0.717) is 30.2 Å². The lowest BCUT2D eigenvalue weighted by Gasteiger charge is -2.36. The zero-order valence-electron chi connectivity index (χ0n) is 15.7.